The second-order valence-electron chi connectivity index (χ2n) is 3.93. The second-order valence-corrected chi connectivity index (χ2v) is 4.99. The smallest absolute Gasteiger partial charge is 0.188 e. The minimum Gasteiger partial charge on any atom is -0.310 e. The number of nitrogens with one attached hydrogen (secondary N) is 1. The van der Waals surface area contributed by atoms with Gasteiger partial charge in [-0.15, -0.1) is 11.3 Å². The Morgan fingerprint density at radius 3 is 2.59 bits per heavy atom. The highest BCUT2D eigenvalue weighted by Crippen LogP contribution is 2.26. The Labute approximate surface area is 105 Å². The van der Waals surface area contributed by atoms with Crippen molar-refractivity contribution in [3.05, 3.63) is 29.0 Å². The number of aryl methyl sites for hydroxylation is 1. The van der Waals surface area contributed by atoms with Gasteiger partial charge in [-0.3, -0.25) is 0 Å². The van der Waals surface area contributed by atoms with Crippen molar-refractivity contribution in [3.63, 3.8) is 0 Å². The van der Waals surface area contributed by atoms with Crippen LogP contribution in [0.5, 0.6) is 0 Å². The molecular weight excluding hydrogens is 232 g/mol. The molecular formula is C12H16N4S. The zero-order valence-corrected chi connectivity index (χ0v) is 11.1. The Morgan fingerprint density at radius 1 is 1.24 bits per heavy atom. The lowest BCUT2D eigenvalue weighted by Crippen LogP contribution is -2.16. The van der Waals surface area contributed by atoms with Crippen LogP contribution in [0.4, 0.5) is 0 Å². The predicted molar refractivity (Wildman–Crippen MR) is 70.0 cm³/mol. The van der Waals surface area contributed by atoms with E-state index in [0.29, 0.717) is 11.9 Å². The van der Waals surface area contributed by atoms with Crippen LogP contribution in [-0.2, 0) is 0 Å². The monoisotopic (exact) mass is 248 g/mol. The first-order valence-electron chi connectivity index (χ1n) is 5.69. The number of hydrogen-bond donors (Lipinski definition) is 1. The fourth-order valence-electron chi connectivity index (χ4n) is 1.50. The maximum Gasteiger partial charge on any atom is 0.188 e. The highest BCUT2D eigenvalue weighted by Gasteiger charge is 2.11. The van der Waals surface area contributed by atoms with Crippen LogP contribution in [0.25, 0.3) is 10.8 Å². The summed E-state index contributed by atoms with van der Waals surface area (Å²) in [5, 5.41) is 4.24. The minimum absolute atomic E-state index is 0.330. The third-order valence-electron chi connectivity index (χ3n) is 2.43. The van der Waals surface area contributed by atoms with Crippen molar-refractivity contribution in [1.82, 2.24) is 20.3 Å². The third-order valence-corrected chi connectivity index (χ3v) is 3.61. The molecule has 90 valence electrons. The fourth-order valence-corrected chi connectivity index (χ4v) is 2.39. The molecule has 2 aromatic rings. The first-order chi connectivity index (χ1) is 8.20. The molecule has 0 aliphatic heterocycles. The molecule has 1 atom stereocenters. The van der Waals surface area contributed by atoms with Crippen LogP contribution in [0.15, 0.2) is 18.6 Å². The molecule has 0 saturated heterocycles. The Bertz CT molecular complexity index is 478. The lowest BCUT2D eigenvalue weighted by Gasteiger charge is -2.07. The molecule has 0 aliphatic rings. The van der Waals surface area contributed by atoms with Gasteiger partial charge in [0.05, 0.1) is 0 Å². The van der Waals surface area contributed by atoms with Crippen molar-refractivity contribution < 1.29 is 0 Å². The molecule has 0 amide bonds. The largest absolute Gasteiger partial charge is 0.310 e. The zero-order chi connectivity index (χ0) is 12.3. The maximum atomic E-state index is 4.37. The molecule has 4 nitrogen and oxygen atoms in total. The Morgan fingerprint density at radius 2 is 1.94 bits per heavy atom. The van der Waals surface area contributed by atoms with E-state index in [9.17, 15) is 0 Å². The number of aromatic nitrogens is 3. The van der Waals surface area contributed by atoms with Crippen molar-refractivity contribution >= 4 is 11.3 Å². The zero-order valence-electron chi connectivity index (χ0n) is 10.3. The summed E-state index contributed by atoms with van der Waals surface area (Å²) >= 11 is 1.64. The summed E-state index contributed by atoms with van der Waals surface area (Å²) in [6.45, 7) is 7.16. The van der Waals surface area contributed by atoms with Crippen molar-refractivity contribution in [2.45, 2.75) is 26.8 Å². The first kappa shape index (κ1) is 12.1. The average molecular weight is 248 g/mol. The van der Waals surface area contributed by atoms with Gasteiger partial charge in [-0.1, -0.05) is 6.92 Å². The van der Waals surface area contributed by atoms with E-state index >= 15 is 0 Å². The van der Waals surface area contributed by atoms with Gasteiger partial charge in [-0.25, -0.2) is 15.0 Å². The van der Waals surface area contributed by atoms with Gasteiger partial charge in [-0.2, -0.15) is 0 Å². The molecule has 2 heterocycles. The lowest BCUT2D eigenvalue weighted by molar-refractivity contribution is 0.606. The first-order valence-corrected chi connectivity index (χ1v) is 6.50. The van der Waals surface area contributed by atoms with E-state index < -0.39 is 0 Å². The van der Waals surface area contributed by atoms with E-state index in [1.165, 1.54) is 4.88 Å². The molecule has 1 N–H and O–H groups in total. The standard InChI is InChI=1S/C12H16N4S/c1-4-13-9(3)10-7-16-12(17-10)11-14-5-8(2)6-15-11/h5-7,9,13H,4H2,1-3H3. The van der Waals surface area contributed by atoms with Crippen LogP contribution < -0.4 is 5.32 Å². The summed E-state index contributed by atoms with van der Waals surface area (Å²) in [5.74, 6) is 0.704. The molecule has 0 radical (unpaired) electrons. The highest BCUT2D eigenvalue weighted by molar-refractivity contribution is 7.15. The summed E-state index contributed by atoms with van der Waals surface area (Å²) in [4.78, 5) is 14.2. The van der Waals surface area contributed by atoms with Gasteiger partial charge in [-0.05, 0) is 26.0 Å². The van der Waals surface area contributed by atoms with Gasteiger partial charge in [0, 0.05) is 29.5 Å². The summed E-state index contributed by atoms with van der Waals surface area (Å²) in [7, 11) is 0. The molecule has 1 unspecified atom stereocenters. The van der Waals surface area contributed by atoms with Crippen LogP contribution in [0, 0.1) is 6.92 Å². The van der Waals surface area contributed by atoms with Crippen molar-refractivity contribution in [3.8, 4) is 10.8 Å². The molecule has 17 heavy (non-hydrogen) atoms. The van der Waals surface area contributed by atoms with Crippen LogP contribution in [0.2, 0.25) is 0 Å². The molecule has 0 spiro atoms. The Kier molecular flexibility index (Phi) is 3.81. The van der Waals surface area contributed by atoms with Gasteiger partial charge in [0.2, 0.25) is 0 Å². The fraction of sp³-hybridized carbons (Fsp3) is 0.417. The molecule has 2 rings (SSSR count). The molecule has 0 saturated carbocycles. The Balaban J connectivity index is 2.20. The second kappa shape index (κ2) is 5.33. The molecule has 0 aromatic carbocycles. The van der Waals surface area contributed by atoms with Crippen LogP contribution in [0.3, 0.4) is 0 Å². The van der Waals surface area contributed by atoms with Crippen LogP contribution in [0.1, 0.15) is 30.3 Å². The van der Waals surface area contributed by atoms with Gasteiger partial charge >= 0.3 is 0 Å². The summed E-state index contributed by atoms with van der Waals surface area (Å²) in [6.07, 6.45) is 5.53. The quantitative estimate of drug-likeness (QED) is 0.903. The molecule has 2 aromatic heterocycles. The van der Waals surface area contributed by atoms with E-state index in [-0.39, 0.29) is 0 Å². The van der Waals surface area contributed by atoms with Crippen molar-refractivity contribution in [2.75, 3.05) is 6.54 Å². The summed E-state index contributed by atoms with van der Waals surface area (Å²) in [6, 6.07) is 0.330. The maximum absolute atomic E-state index is 4.37. The molecule has 5 heteroatoms. The van der Waals surface area contributed by atoms with Crippen LogP contribution >= 0.6 is 11.3 Å². The van der Waals surface area contributed by atoms with E-state index in [1.54, 1.807) is 11.3 Å². The third kappa shape index (κ3) is 2.87. The molecule has 0 bridgehead atoms. The summed E-state index contributed by atoms with van der Waals surface area (Å²) < 4.78 is 0. The van der Waals surface area contributed by atoms with E-state index in [1.807, 2.05) is 25.5 Å². The predicted octanol–water partition coefficient (Wildman–Crippen LogP) is 2.58. The van der Waals surface area contributed by atoms with Gasteiger partial charge in [0.25, 0.3) is 0 Å². The number of hydrogen-bond acceptors (Lipinski definition) is 5. The summed E-state index contributed by atoms with van der Waals surface area (Å²) in [5.41, 5.74) is 1.06. The SMILES string of the molecule is CCNC(C)c1cnc(-c2ncc(C)cn2)s1. The van der Waals surface area contributed by atoms with Crippen molar-refractivity contribution in [2.24, 2.45) is 0 Å². The number of nitrogens with zero attached hydrogens (tertiary/aromatic N) is 3. The topological polar surface area (TPSA) is 50.7 Å². The van der Waals surface area contributed by atoms with E-state index in [4.69, 9.17) is 0 Å². The molecule has 0 aliphatic carbocycles. The van der Waals surface area contributed by atoms with Gasteiger partial charge in [0.15, 0.2) is 10.8 Å². The van der Waals surface area contributed by atoms with Gasteiger partial charge < -0.3 is 5.32 Å². The van der Waals surface area contributed by atoms with Crippen molar-refractivity contribution in [1.29, 1.82) is 0 Å². The van der Waals surface area contributed by atoms with Gasteiger partial charge in [0.1, 0.15) is 0 Å². The number of thiazole rings is 1. The highest BCUT2D eigenvalue weighted by atomic mass is 32.1. The lowest BCUT2D eigenvalue weighted by atomic mass is 10.3. The molecule has 0 fully saturated rings. The van der Waals surface area contributed by atoms with Crippen LogP contribution in [-0.4, -0.2) is 21.5 Å². The average Bonchev–Trinajstić information content (AvgIpc) is 2.80. The van der Waals surface area contributed by atoms with E-state index in [0.717, 1.165) is 17.1 Å². The normalized spacial score (nSPS) is 12.6. The Hall–Kier alpha value is -1.33. The number of rotatable bonds is 4. The minimum atomic E-state index is 0.330. The van der Waals surface area contributed by atoms with E-state index in [2.05, 4.69) is 34.1 Å².